The fraction of sp³-hybridized carbons (Fsp3) is 0.462. The average molecular weight is 234 g/mol. The summed E-state index contributed by atoms with van der Waals surface area (Å²) < 4.78 is 19.1. The van der Waals surface area contributed by atoms with Gasteiger partial charge in [0.15, 0.2) is 0 Å². The zero-order chi connectivity index (χ0) is 12.3. The number of piperidine rings is 1. The van der Waals surface area contributed by atoms with Gasteiger partial charge in [0, 0.05) is 20.2 Å². The molecule has 0 radical (unpaired) electrons. The highest BCUT2D eigenvalue weighted by atomic mass is 19.1. The van der Waals surface area contributed by atoms with Crippen molar-refractivity contribution >= 4 is 5.69 Å². The summed E-state index contributed by atoms with van der Waals surface area (Å²) in [7, 11) is 1.71. The third kappa shape index (κ3) is 2.56. The minimum Gasteiger partial charge on any atom is -0.381 e. The van der Waals surface area contributed by atoms with Gasteiger partial charge in [-0.05, 0) is 31.0 Å². The van der Waals surface area contributed by atoms with Crippen LogP contribution in [0.2, 0.25) is 0 Å². The summed E-state index contributed by atoms with van der Waals surface area (Å²) >= 11 is 0. The molecule has 1 aliphatic rings. The molecule has 1 aromatic rings. The SMILES string of the molecule is COC1CCN(c2ccc(C#N)cc2F)CC1. The van der Waals surface area contributed by atoms with Gasteiger partial charge in [0.1, 0.15) is 5.82 Å². The van der Waals surface area contributed by atoms with Gasteiger partial charge in [-0.2, -0.15) is 5.26 Å². The smallest absolute Gasteiger partial charge is 0.147 e. The topological polar surface area (TPSA) is 36.3 Å². The van der Waals surface area contributed by atoms with Gasteiger partial charge in [-0.25, -0.2) is 4.39 Å². The highest BCUT2D eigenvalue weighted by Crippen LogP contribution is 2.24. The number of rotatable bonds is 2. The molecule has 1 heterocycles. The van der Waals surface area contributed by atoms with Crippen molar-refractivity contribution in [2.75, 3.05) is 25.1 Å². The molecular weight excluding hydrogens is 219 g/mol. The predicted octanol–water partition coefficient (Wildman–Crippen LogP) is 2.31. The summed E-state index contributed by atoms with van der Waals surface area (Å²) in [6.45, 7) is 1.59. The highest BCUT2D eigenvalue weighted by Gasteiger charge is 2.20. The van der Waals surface area contributed by atoms with E-state index in [4.69, 9.17) is 10.00 Å². The van der Waals surface area contributed by atoms with Crippen LogP contribution in [-0.2, 0) is 4.74 Å². The van der Waals surface area contributed by atoms with E-state index < -0.39 is 0 Å². The number of nitrogens with zero attached hydrogens (tertiary/aromatic N) is 2. The van der Waals surface area contributed by atoms with E-state index in [0.717, 1.165) is 25.9 Å². The van der Waals surface area contributed by atoms with Crippen LogP contribution >= 0.6 is 0 Å². The first kappa shape index (κ1) is 11.9. The molecule has 0 bridgehead atoms. The van der Waals surface area contributed by atoms with Gasteiger partial charge >= 0.3 is 0 Å². The van der Waals surface area contributed by atoms with E-state index in [0.29, 0.717) is 11.3 Å². The molecule has 17 heavy (non-hydrogen) atoms. The van der Waals surface area contributed by atoms with E-state index in [-0.39, 0.29) is 11.9 Å². The van der Waals surface area contributed by atoms with Crippen molar-refractivity contribution in [2.45, 2.75) is 18.9 Å². The first-order valence-corrected chi connectivity index (χ1v) is 5.72. The summed E-state index contributed by atoms with van der Waals surface area (Å²) in [5.74, 6) is -0.320. The van der Waals surface area contributed by atoms with Crippen LogP contribution < -0.4 is 4.90 Å². The second-order valence-corrected chi connectivity index (χ2v) is 4.20. The van der Waals surface area contributed by atoms with Crippen molar-refractivity contribution in [3.63, 3.8) is 0 Å². The second-order valence-electron chi connectivity index (χ2n) is 4.20. The molecule has 0 unspecified atom stereocenters. The summed E-state index contributed by atoms with van der Waals surface area (Å²) in [5.41, 5.74) is 0.941. The van der Waals surface area contributed by atoms with Crippen LogP contribution in [0.25, 0.3) is 0 Å². The van der Waals surface area contributed by atoms with E-state index in [2.05, 4.69) is 0 Å². The third-order valence-electron chi connectivity index (χ3n) is 3.19. The van der Waals surface area contributed by atoms with E-state index >= 15 is 0 Å². The molecule has 2 rings (SSSR count). The zero-order valence-corrected chi connectivity index (χ0v) is 9.82. The van der Waals surface area contributed by atoms with Gasteiger partial charge in [0.05, 0.1) is 23.4 Å². The molecule has 4 heteroatoms. The van der Waals surface area contributed by atoms with Crippen LogP contribution in [0.1, 0.15) is 18.4 Å². The average Bonchev–Trinajstić information content (AvgIpc) is 2.39. The van der Waals surface area contributed by atoms with E-state index in [9.17, 15) is 4.39 Å². The Balaban J connectivity index is 2.11. The predicted molar refractivity (Wildman–Crippen MR) is 63.4 cm³/mol. The normalized spacial score (nSPS) is 16.9. The molecular formula is C13H15FN2O. The van der Waals surface area contributed by atoms with Gasteiger partial charge < -0.3 is 9.64 Å². The Morgan fingerprint density at radius 1 is 1.41 bits per heavy atom. The number of benzene rings is 1. The van der Waals surface area contributed by atoms with E-state index in [1.54, 1.807) is 19.2 Å². The van der Waals surface area contributed by atoms with Crippen molar-refractivity contribution in [1.82, 2.24) is 0 Å². The molecule has 0 aliphatic carbocycles. The minimum atomic E-state index is -0.320. The highest BCUT2D eigenvalue weighted by molar-refractivity contribution is 5.51. The van der Waals surface area contributed by atoms with Crippen LogP contribution in [0.5, 0.6) is 0 Å². The number of hydrogen-bond acceptors (Lipinski definition) is 3. The Morgan fingerprint density at radius 2 is 2.12 bits per heavy atom. The van der Waals surface area contributed by atoms with Crippen molar-refractivity contribution in [2.24, 2.45) is 0 Å². The second kappa shape index (κ2) is 5.15. The molecule has 1 aromatic carbocycles. The number of methoxy groups -OCH3 is 1. The molecule has 0 saturated carbocycles. The molecule has 0 atom stereocenters. The monoisotopic (exact) mass is 234 g/mol. The van der Waals surface area contributed by atoms with Crippen LogP contribution in [0, 0.1) is 17.1 Å². The van der Waals surface area contributed by atoms with Gasteiger partial charge in [-0.15, -0.1) is 0 Å². The Hall–Kier alpha value is -1.60. The number of nitriles is 1. The number of halogens is 1. The summed E-state index contributed by atoms with van der Waals surface area (Å²) in [4.78, 5) is 2.01. The molecule has 3 nitrogen and oxygen atoms in total. The molecule has 0 spiro atoms. The minimum absolute atomic E-state index is 0.285. The number of anilines is 1. The number of ether oxygens (including phenoxy) is 1. The zero-order valence-electron chi connectivity index (χ0n) is 9.82. The van der Waals surface area contributed by atoms with Gasteiger partial charge in [0.2, 0.25) is 0 Å². The molecule has 0 amide bonds. The summed E-state index contributed by atoms with van der Waals surface area (Å²) in [5, 5.41) is 8.68. The van der Waals surface area contributed by atoms with E-state index in [1.165, 1.54) is 6.07 Å². The standard InChI is InChI=1S/C13H15FN2O/c1-17-11-4-6-16(7-5-11)13-3-2-10(9-15)8-12(13)14/h2-3,8,11H,4-7H2,1H3. The van der Waals surface area contributed by atoms with Crippen molar-refractivity contribution in [1.29, 1.82) is 5.26 Å². The number of hydrogen-bond donors (Lipinski definition) is 0. The maximum absolute atomic E-state index is 13.8. The van der Waals surface area contributed by atoms with Crippen LogP contribution in [0.15, 0.2) is 18.2 Å². The molecule has 0 N–H and O–H groups in total. The van der Waals surface area contributed by atoms with Crippen LogP contribution in [0.3, 0.4) is 0 Å². The van der Waals surface area contributed by atoms with Crippen LogP contribution in [-0.4, -0.2) is 26.3 Å². The lowest BCUT2D eigenvalue weighted by molar-refractivity contribution is 0.0818. The lowest BCUT2D eigenvalue weighted by Crippen LogP contribution is -2.37. The molecule has 0 aromatic heterocycles. The Morgan fingerprint density at radius 3 is 2.65 bits per heavy atom. The van der Waals surface area contributed by atoms with Crippen LogP contribution in [0.4, 0.5) is 10.1 Å². The summed E-state index contributed by atoms with van der Waals surface area (Å²) in [6, 6.07) is 6.56. The fourth-order valence-corrected chi connectivity index (χ4v) is 2.17. The lowest BCUT2D eigenvalue weighted by atomic mass is 10.1. The van der Waals surface area contributed by atoms with Crippen molar-refractivity contribution < 1.29 is 9.13 Å². The maximum Gasteiger partial charge on any atom is 0.147 e. The Bertz CT molecular complexity index is 434. The molecule has 1 aliphatic heterocycles. The largest absolute Gasteiger partial charge is 0.381 e. The molecule has 90 valence electrons. The molecule has 1 saturated heterocycles. The van der Waals surface area contributed by atoms with Crippen molar-refractivity contribution in [3.05, 3.63) is 29.6 Å². The summed E-state index contributed by atoms with van der Waals surface area (Å²) in [6.07, 6.45) is 2.11. The van der Waals surface area contributed by atoms with Gasteiger partial charge in [-0.3, -0.25) is 0 Å². The Labute approximate surface area is 100 Å². The van der Waals surface area contributed by atoms with Gasteiger partial charge in [0.25, 0.3) is 0 Å². The van der Waals surface area contributed by atoms with Crippen molar-refractivity contribution in [3.8, 4) is 6.07 Å². The van der Waals surface area contributed by atoms with Gasteiger partial charge in [-0.1, -0.05) is 0 Å². The van der Waals surface area contributed by atoms with E-state index in [1.807, 2.05) is 11.0 Å². The first-order valence-electron chi connectivity index (χ1n) is 5.72. The third-order valence-corrected chi connectivity index (χ3v) is 3.19. The molecule has 1 fully saturated rings. The Kier molecular flexibility index (Phi) is 3.60. The lowest BCUT2D eigenvalue weighted by Gasteiger charge is -2.33. The fourth-order valence-electron chi connectivity index (χ4n) is 2.17. The maximum atomic E-state index is 13.8. The quantitative estimate of drug-likeness (QED) is 0.787. The first-order chi connectivity index (χ1) is 8.24.